The van der Waals surface area contributed by atoms with Crippen LogP contribution in [0.15, 0.2) is 12.2 Å². The highest BCUT2D eigenvalue weighted by atomic mass is 16.4. The molecule has 0 heterocycles. The fourth-order valence-electron chi connectivity index (χ4n) is 1.07. The van der Waals surface area contributed by atoms with E-state index in [9.17, 15) is 4.79 Å². The Morgan fingerprint density at radius 1 is 1.67 bits per heavy atom. The van der Waals surface area contributed by atoms with Gasteiger partial charge in [-0.3, -0.25) is 4.79 Å². The third-order valence-corrected chi connectivity index (χ3v) is 1.55. The molecule has 0 fully saturated rings. The van der Waals surface area contributed by atoms with E-state index in [4.69, 9.17) is 5.11 Å². The first kappa shape index (κ1) is 11.2. The van der Waals surface area contributed by atoms with Crippen LogP contribution < -0.4 is 0 Å². The second-order valence-electron chi connectivity index (χ2n) is 3.39. The van der Waals surface area contributed by atoms with Gasteiger partial charge in [0, 0.05) is 13.1 Å². The second-order valence-corrected chi connectivity index (χ2v) is 3.39. The molecule has 0 saturated carbocycles. The highest BCUT2D eigenvalue weighted by molar-refractivity contribution is 5.69. The van der Waals surface area contributed by atoms with Crippen LogP contribution in [0.3, 0.4) is 0 Å². The van der Waals surface area contributed by atoms with Crippen LogP contribution in [0.25, 0.3) is 0 Å². The first-order valence-electron chi connectivity index (χ1n) is 3.99. The predicted molar refractivity (Wildman–Crippen MR) is 49.1 cm³/mol. The Morgan fingerprint density at radius 3 is 2.50 bits per heavy atom. The molecule has 1 atom stereocenters. The Morgan fingerprint density at radius 2 is 2.17 bits per heavy atom. The second kappa shape index (κ2) is 4.93. The number of carboxylic acids is 1. The highest BCUT2D eigenvalue weighted by Crippen LogP contribution is 2.00. The van der Waals surface area contributed by atoms with Crippen molar-refractivity contribution in [3.05, 3.63) is 12.2 Å². The molecule has 0 bridgehead atoms. The zero-order valence-electron chi connectivity index (χ0n) is 8.00. The SMILES string of the molecule is C=C(C)CN(C)CC(C)C(=O)O. The molecule has 0 aromatic heterocycles. The van der Waals surface area contributed by atoms with Gasteiger partial charge in [0.2, 0.25) is 0 Å². The van der Waals surface area contributed by atoms with Crippen molar-refractivity contribution in [1.82, 2.24) is 4.90 Å². The van der Waals surface area contributed by atoms with Gasteiger partial charge in [-0.1, -0.05) is 19.1 Å². The number of hydrogen-bond donors (Lipinski definition) is 1. The summed E-state index contributed by atoms with van der Waals surface area (Å²) in [5, 5.41) is 8.62. The minimum atomic E-state index is -0.747. The molecule has 12 heavy (non-hydrogen) atoms. The smallest absolute Gasteiger partial charge is 0.307 e. The minimum Gasteiger partial charge on any atom is -0.481 e. The molecule has 0 aliphatic carbocycles. The summed E-state index contributed by atoms with van der Waals surface area (Å²) < 4.78 is 0. The molecular weight excluding hydrogens is 154 g/mol. The van der Waals surface area contributed by atoms with Gasteiger partial charge in [-0.05, 0) is 14.0 Å². The van der Waals surface area contributed by atoms with Crippen LogP contribution in [0.5, 0.6) is 0 Å². The van der Waals surface area contributed by atoms with Gasteiger partial charge in [0.15, 0.2) is 0 Å². The fraction of sp³-hybridized carbons (Fsp3) is 0.667. The van der Waals surface area contributed by atoms with E-state index < -0.39 is 5.97 Å². The number of likely N-dealkylation sites (N-methyl/N-ethyl adjacent to an activating group) is 1. The molecule has 70 valence electrons. The van der Waals surface area contributed by atoms with Gasteiger partial charge in [0.05, 0.1) is 5.92 Å². The van der Waals surface area contributed by atoms with Crippen molar-refractivity contribution in [3.63, 3.8) is 0 Å². The Balaban J connectivity index is 3.76. The van der Waals surface area contributed by atoms with E-state index in [0.29, 0.717) is 6.54 Å². The van der Waals surface area contributed by atoms with E-state index >= 15 is 0 Å². The molecule has 3 nitrogen and oxygen atoms in total. The Bertz CT molecular complexity index is 177. The van der Waals surface area contributed by atoms with Gasteiger partial charge >= 0.3 is 5.97 Å². The van der Waals surface area contributed by atoms with Crippen LogP contribution >= 0.6 is 0 Å². The van der Waals surface area contributed by atoms with Crippen LogP contribution in [0.2, 0.25) is 0 Å². The van der Waals surface area contributed by atoms with Crippen LogP contribution in [0, 0.1) is 5.92 Å². The zero-order valence-corrected chi connectivity index (χ0v) is 8.00. The Labute approximate surface area is 73.7 Å². The number of hydrogen-bond acceptors (Lipinski definition) is 2. The van der Waals surface area contributed by atoms with Crippen LogP contribution in [0.4, 0.5) is 0 Å². The maximum absolute atomic E-state index is 10.5. The summed E-state index contributed by atoms with van der Waals surface area (Å²) >= 11 is 0. The summed E-state index contributed by atoms with van der Waals surface area (Å²) in [6, 6.07) is 0. The van der Waals surface area contributed by atoms with Gasteiger partial charge < -0.3 is 10.0 Å². The number of aliphatic carboxylic acids is 1. The molecule has 0 aromatic carbocycles. The number of nitrogens with zero attached hydrogens (tertiary/aromatic N) is 1. The topological polar surface area (TPSA) is 40.5 Å². The molecular formula is C9H17NO2. The zero-order chi connectivity index (χ0) is 9.72. The van der Waals surface area contributed by atoms with Crippen LogP contribution in [-0.2, 0) is 4.79 Å². The average Bonchev–Trinajstić information content (AvgIpc) is 1.84. The molecule has 1 unspecified atom stereocenters. The lowest BCUT2D eigenvalue weighted by Crippen LogP contribution is -2.29. The third-order valence-electron chi connectivity index (χ3n) is 1.55. The highest BCUT2D eigenvalue weighted by Gasteiger charge is 2.12. The van der Waals surface area contributed by atoms with E-state index in [2.05, 4.69) is 6.58 Å². The molecule has 0 aliphatic heterocycles. The number of carbonyl (C=O) groups is 1. The molecule has 0 aromatic rings. The minimum absolute atomic E-state index is 0.311. The lowest BCUT2D eigenvalue weighted by Gasteiger charge is -2.18. The van der Waals surface area contributed by atoms with Crippen molar-refractivity contribution < 1.29 is 9.90 Å². The van der Waals surface area contributed by atoms with Gasteiger partial charge in [0.25, 0.3) is 0 Å². The molecule has 0 aliphatic rings. The predicted octanol–water partition coefficient (Wildman–Crippen LogP) is 1.21. The molecule has 0 radical (unpaired) electrons. The van der Waals surface area contributed by atoms with Crippen molar-refractivity contribution in [2.45, 2.75) is 13.8 Å². The Hall–Kier alpha value is -0.830. The van der Waals surface area contributed by atoms with E-state index in [0.717, 1.165) is 12.1 Å². The largest absolute Gasteiger partial charge is 0.481 e. The number of rotatable bonds is 5. The summed E-state index contributed by atoms with van der Waals surface area (Å²) in [5.74, 6) is -1.06. The maximum atomic E-state index is 10.5. The Kier molecular flexibility index (Phi) is 4.59. The first-order valence-corrected chi connectivity index (χ1v) is 3.99. The van der Waals surface area contributed by atoms with Crippen molar-refractivity contribution in [1.29, 1.82) is 0 Å². The van der Waals surface area contributed by atoms with Crippen molar-refractivity contribution in [3.8, 4) is 0 Å². The molecule has 0 spiro atoms. The van der Waals surface area contributed by atoms with Crippen LogP contribution in [-0.4, -0.2) is 36.1 Å². The van der Waals surface area contributed by atoms with Gasteiger partial charge in [0.1, 0.15) is 0 Å². The summed E-state index contributed by atoms with van der Waals surface area (Å²) in [6.45, 7) is 8.73. The van der Waals surface area contributed by atoms with E-state index in [-0.39, 0.29) is 5.92 Å². The quantitative estimate of drug-likeness (QED) is 0.632. The molecule has 0 amide bonds. The molecule has 1 N–H and O–H groups in total. The van der Waals surface area contributed by atoms with E-state index in [1.165, 1.54) is 0 Å². The lowest BCUT2D eigenvalue weighted by atomic mass is 10.1. The summed E-state index contributed by atoms with van der Waals surface area (Å²) in [7, 11) is 1.90. The monoisotopic (exact) mass is 171 g/mol. The molecule has 0 rings (SSSR count). The van der Waals surface area contributed by atoms with Crippen molar-refractivity contribution in [2.75, 3.05) is 20.1 Å². The van der Waals surface area contributed by atoms with Gasteiger partial charge in [-0.2, -0.15) is 0 Å². The molecule has 3 heteroatoms. The third kappa shape index (κ3) is 4.91. The normalized spacial score (nSPS) is 13.0. The maximum Gasteiger partial charge on any atom is 0.307 e. The van der Waals surface area contributed by atoms with Gasteiger partial charge in [-0.25, -0.2) is 0 Å². The standard InChI is InChI=1S/C9H17NO2/c1-7(2)5-10(4)6-8(3)9(11)12/h8H,1,5-6H2,2-4H3,(H,11,12). The fourth-order valence-corrected chi connectivity index (χ4v) is 1.07. The first-order chi connectivity index (χ1) is 5.43. The average molecular weight is 171 g/mol. The van der Waals surface area contributed by atoms with E-state index in [1.54, 1.807) is 6.92 Å². The van der Waals surface area contributed by atoms with E-state index in [1.807, 2.05) is 18.9 Å². The van der Waals surface area contributed by atoms with Crippen molar-refractivity contribution >= 4 is 5.97 Å². The summed E-state index contributed by atoms with van der Waals surface area (Å²) in [5.41, 5.74) is 1.05. The van der Waals surface area contributed by atoms with Crippen molar-refractivity contribution in [2.24, 2.45) is 5.92 Å². The molecule has 0 saturated heterocycles. The lowest BCUT2D eigenvalue weighted by molar-refractivity contribution is -0.141. The van der Waals surface area contributed by atoms with Gasteiger partial charge in [-0.15, -0.1) is 0 Å². The summed E-state index contributed by atoms with van der Waals surface area (Å²) in [4.78, 5) is 12.4. The summed E-state index contributed by atoms with van der Waals surface area (Å²) in [6.07, 6.45) is 0. The van der Waals surface area contributed by atoms with Crippen LogP contribution in [0.1, 0.15) is 13.8 Å². The number of carboxylic acid groups (broad SMARTS) is 1.